The van der Waals surface area contributed by atoms with Gasteiger partial charge in [0.1, 0.15) is 11.4 Å². The molecule has 194 valence electrons. The van der Waals surface area contributed by atoms with E-state index in [1.807, 2.05) is 115 Å². The highest BCUT2D eigenvalue weighted by Crippen LogP contribution is 2.40. The Morgan fingerprint density at radius 2 is 1.34 bits per heavy atom. The predicted octanol–water partition coefficient (Wildman–Crippen LogP) is 4.96. The van der Waals surface area contributed by atoms with Crippen LogP contribution < -0.4 is 10.1 Å². The first kappa shape index (κ1) is 25.5. The van der Waals surface area contributed by atoms with Crippen LogP contribution in [0.2, 0.25) is 0 Å². The molecule has 6 nitrogen and oxygen atoms in total. The molecular formula is C32H32N2O4. The summed E-state index contributed by atoms with van der Waals surface area (Å²) in [5, 5.41) is 14.2. The summed E-state index contributed by atoms with van der Waals surface area (Å²) >= 11 is 0. The van der Waals surface area contributed by atoms with Gasteiger partial charge in [-0.05, 0) is 34.4 Å². The van der Waals surface area contributed by atoms with Crippen molar-refractivity contribution in [2.45, 2.75) is 24.3 Å². The Labute approximate surface area is 223 Å². The molecule has 5 rings (SSSR count). The molecule has 0 saturated carbocycles. The van der Waals surface area contributed by atoms with Gasteiger partial charge in [-0.1, -0.05) is 103 Å². The third-order valence-corrected chi connectivity index (χ3v) is 7.02. The Morgan fingerprint density at radius 3 is 1.82 bits per heavy atom. The van der Waals surface area contributed by atoms with Gasteiger partial charge in [0, 0.05) is 13.1 Å². The number of ether oxygens (including phenoxy) is 2. The largest absolute Gasteiger partial charge is 0.497 e. The van der Waals surface area contributed by atoms with E-state index in [0.717, 1.165) is 28.0 Å². The molecule has 38 heavy (non-hydrogen) atoms. The van der Waals surface area contributed by atoms with Gasteiger partial charge in [0.25, 0.3) is 0 Å². The van der Waals surface area contributed by atoms with Crippen molar-refractivity contribution in [1.29, 1.82) is 0 Å². The lowest BCUT2D eigenvalue weighted by Gasteiger charge is -2.37. The number of carbonyl (C=O) groups excluding carboxylic acids is 1. The molecule has 4 aromatic rings. The maximum atomic E-state index is 12.7. The van der Waals surface area contributed by atoms with E-state index in [9.17, 15) is 9.90 Å². The summed E-state index contributed by atoms with van der Waals surface area (Å²) in [4.78, 5) is 14.4. The van der Waals surface area contributed by atoms with Crippen LogP contribution in [-0.2, 0) is 16.9 Å². The highest BCUT2D eigenvalue weighted by Gasteiger charge is 2.40. The fourth-order valence-electron chi connectivity index (χ4n) is 5.02. The van der Waals surface area contributed by atoms with Crippen LogP contribution in [0.4, 0.5) is 4.79 Å². The second-order valence-corrected chi connectivity index (χ2v) is 9.44. The highest BCUT2D eigenvalue weighted by atomic mass is 16.5. The van der Waals surface area contributed by atoms with Gasteiger partial charge in [0.15, 0.2) is 0 Å². The van der Waals surface area contributed by atoms with Gasteiger partial charge in [-0.15, -0.1) is 0 Å². The smallest absolute Gasteiger partial charge is 0.318 e. The minimum atomic E-state index is -0.934. The van der Waals surface area contributed by atoms with Crippen LogP contribution in [0.25, 0.3) is 0 Å². The molecule has 1 aliphatic rings. The van der Waals surface area contributed by atoms with Crippen molar-refractivity contribution in [2.24, 2.45) is 0 Å². The third-order valence-electron chi connectivity index (χ3n) is 7.02. The molecule has 1 aliphatic heterocycles. The lowest BCUT2D eigenvalue weighted by atomic mass is 9.80. The molecule has 2 N–H and O–H groups in total. The topological polar surface area (TPSA) is 71.0 Å². The number of benzene rings is 4. The Balaban J connectivity index is 1.37. The van der Waals surface area contributed by atoms with E-state index in [-0.39, 0.29) is 12.6 Å². The Bertz CT molecular complexity index is 1220. The van der Waals surface area contributed by atoms with Crippen molar-refractivity contribution in [2.75, 3.05) is 20.3 Å². The van der Waals surface area contributed by atoms with Crippen LogP contribution in [0.3, 0.4) is 0 Å². The number of rotatable bonds is 10. The van der Waals surface area contributed by atoms with E-state index in [0.29, 0.717) is 13.1 Å². The molecule has 0 aromatic heterocycles. The summed E-state index contributed by atoms with van der Waals surface area (Å²) in [5.41, 5.74) is 2.93. The normalized spacial score (nSPS) is 16.2. The minimum Gasteiger partial charge on any atom is -0.497 e. The third kappa shape index (κ3) is 5.28. The van der Waals surface area contributed by atoms with Crippen molar-refractivity contribution >= 4 is 6.03 Å². The molecule has 0 bridgehead atoms. The van der Waals surface area contributed by atoms with Crippen LogP contribution in [0, 0.1) is 0 Å². The van der Waals surface area contributed by atoms with E-state index >= 15 is 0 Å². The zero-order valence-electron chi connectivity index (χ0n) is 21.4. The molecule has 4 aromatic carbocycles. The molecular weight excluding hydrogens is 476 g/mol. The summed E-state index contributed by atoms with van der Waals surface area (Å²) in [5.74, 6) is 0.767. The van der Waals surface area contributed by atoms with Gasteiger partial charge < -0.3 is 24.8 Å². The molecule has 2 atom stereocenters. The van der Waals surface area contributed by atoms with Crippen LogP contribution >= 0.6 is 0 Å². The Hall–Kier alpha value is -4.13. The van der Waals surface area contributed by atoms with Crippen molar-refractivity contribution in [3.8, 4) is 5.75 Å². The zero-order chi connectivity index (χ0) is 26.4. The number of amides is 2. The highest BCUT2D eigenvalue weighted by molar-refractivity contribution is 5.77. The van der Waals surface area contributed by atoms with E-state index in [1.54, 1.807) is 12.0 Å². The van der Waals surface area contributed by atoms with Crippen molar-refractivity contribution in [3.05, 3.63) is 138 Å². The van der Waals surface area contributed by atoms with Crippen molar-refractivity contribution < 1.29 is 19.4 Å². The van der Waals surface area contributed by atoms with Crippen molar-refractivity contribution in [1.82, 2.24) is 10.2 Å². The number of urea groups is 1. The van der Waals surface area contributed by atoms with Gasteiger partial charge in [0.2, 0.25) is 0 Å². The molecule has 2 amide bonds. The molecule has 1 fully saturated rings. The standard InChI is InChI=1S/C32H32N2O4/c1-37-28-19-17-24(18-20-28)21-34-22-29(33-31(34)36)30(35)23-38-32(25-11-5-2-6-12-25,26-13-7-3-8-14-26)27-15-9-4-10-16-27/h2-20,29-30,35H,21-23H2,1H3,(H,33,36)/t29-,30-/m1/s1. The molecule has 1 heterocycles. The van der Waals surface area contributed by atoms with E-state index in [2.05, 4.69) is 5.32 Å². The van der Waals surface area contributed by atoms with Crippen LogP contribution in [-0.4, -0.2) is 48.4 Å². The molecule has 1 saturated heterocycles. The van der Waals surface area contributed by atoms with Gasteiger partial charge in [-0.2, -0.15) is 0 Å². The maximum Gasteiger partial charge on any atom is 0.318 e. The van der Waals surface area contributed by atoms with Crippen LogP contribution in [0.1, 0.15) is 22.3 Å². The number of methoxy groups -OCH3 is 1. The summed E-state index contributed by atoms with van der Waals surface area (Å²) in [7, 11) is 1.62. The van der Waals surface area contributed by atoms with Crippen LogP contribution in [0.15, 0.2) is 115 Å². The monoisotopic (exact) mass is 508 g/mol. The number of aliphatic hydroxyl groups is 1. The fraction of sp³-hybridized carbons (Fsp3) is 0.219. The first-order valence-corrected chi connectivity index (χ1v) is 12.8. The molecule has 0 radical (unpaired) electrons. The number of nitrogens with zero attached hydrogens (tertiary/aromatic N) is 1. The molecule has 0 spiro atoms. The van der Waals surface area contributed by atoms with E-state index < -0.39 is 17.7 Å². The van der Waals surface area contributed by atoms with Gasteiger partial charge in [-0.3, -0.25) is 0 Å². The first-order chi connectivity index (χ1) is 18.6. The molecule has 0 unspecified atom stereocenters. The Kier molecular flexibility index (Phi) is 7.73. The number of hydrogen-bond donors (Lipinski definition) is 2. The number of nitrogens with one attached hydrogen (secondary N) is 1. The average molecular weight is 509 g/mol. The quantitative estimate of drug-likeness (QED) is 0.297. The first-order valence-electron chi connectivity index (χ1n) is 12.8. The summed E-state index contributed by atoms with van der Waals surface area (Å²) in [6.45, 7) is 0.853. The van der Waals surface area contributed by atoms with Crippen LogP contribution in [0.5, 0.6) is 5.75 Å². The van der Waals surface area contributed by atoms with Gasteiger partial charge in [0.05, 0.1) is 25.9 Å². The van der Waals surface area contributed by atoms with Gasteiger partial charge >= 0.3 is 6.03 Å². The zero-order valence-corrected chi connectivity index (χ0v) is 21.4. The predicted molar refractivity (Wildman–Crippen MR) is 147 cm³/mol. The lowest BCUT2D eigenvalue weighted by Crippen LogP contribution is -2.44. The fourth-order valence-corrected chi connectivity index (χ4v) is 5.02. The maximum absolute atomic E-state index is 12.7. The number of hydrogen-bond acceptors (Lipinski definition) is 4. The number of aliphatic hydroxyl groups excluding tert-OH is 1. The van der Waals surface area contributed by atoms with Crippen molar-refractivity contribution in [3.63, 3.8) is 0 Å². The Morgan fingerprint density at radius 1 is 0.842 bits per heavy atom. The van der Waals surface area contributed by atoms with Gasteiger partial charge in [-0.25, -0.2) is 4.79 Å². The average Bonchev–Trinajstić information content (AvgIpc) is 3.35. The summed E-state index contributed by atoms with van der Waals surface area (Å²) < 4.78 is 12.0. The lowest BCUT2D eigenvalue weighted by molar-refractivity contribution is -0.0460. The number of carbonyl (C=O) groups is 1. The minimum absolute atomic E-state index is 0.0278. The summed E-state index contributed by atoms with van der Waals surface area (Å²) in [6, 6.07) is 37.1. The molecule has 6 heteroatoms. The van der Waals surface area contributed by atoms with E-state index in [1.165, 1.54) is 0 Å². The summed E-state index contributed by atoms with van der Waals surface area (Å²) in [6.07, 6.45) is -0.907. The second kappa shape index (κ2) is 11.5. The van der Waals surface area contributed by atoms with E-state index in [4.69, 9.17) is 9.47 Å². The SMILES string of the molecule is COc1ccc(CN2C[C@H]([C@H](O)COC(c3ccccc3)(c3ccccc3)c3ccccc3)NC2=O)cc1. The second-order valence-electron chi connectivity index (χ2n) is 9.44. The molecule has 0 aliphatic carbocycles.